The van der Waals surface area contributed by atoms with E-state index in [1.165, 1.54) is 24.1 Å². The molecular weight excluding hydrogens is 369 g/mol. The summed E-state index contributed by atoms with van der Waals surface area (Å²) in [6.45, 7) is 5.93. The number of unbranched alkanes of at least 4 members (excludes halogenated alkanes) is 1. The lowest BCUT2D eigenvalue weighted by Gasteiger charge is -2.34. The molecule has 6 nitrogen and oxygen atoms in total. The van der Waals surface area contributed by atoms with Crippen molar-refractivity contribution in [3.8, 4) is 0 Å². The number of imidazole rings is 1. The highest BCUT2D eigenvalue weighted by Gasteiger charge is 2.21. The van der Waals surface area contributed by atoms with Crippen LogP contribution in [0.3, 0.4) is 0 Å². The highest BCUT2D eigenvalue weighted by molar-refractivity contribution is 5.88. The first kappa shape index (κ1) is 18.1. The molecule has 0 amide bonds. The Kier molecular flexibility index (Phi) is 4.89. The van der Waals surface area contributed by atoms with Crippen LogP contribution in [0.2, 0.25) is 0 Å². The predicted octanol–water partition coefficient (Wildman–Crippen LogP) is 3.92. The molecule has 0 unspecified atom stereocenters. The van der Waals surface area contributed by atoms with Gasteiger partial charge < -0.3 is 14.0 Å². The summed E-state index contributed by atoms with van der Waals surface area (Å²) in [4.78, 5) is 9.20. The zero-order chi connectivity index (χ0) is 19.6. The Bertz CT molecular complexity index is 1110. The van der Waals surface area contributed by atoms with Crippen molar-refractivity contribution in [3.05, 3.63) is 54.6 Å². The van der Waals surface area contributed by atoms with Gasteiger partial charge in [0.1, 0.15) is 5.82 Å². The van der Waals surface area contributed by atoms with E-state index in [2.05, 4.69) is 42.7 Å². The third kappa shape index (κ3) is 3.70. The second kappa shape index (κ2) is 7.83. The van der Waals surface area contributed by atoms with Crippen molar-refractivity contribution < 1.29 is 8.91 Å². The van der Waals surface area contributed by atoms with Crippen molar-refractivity contribution in [1.82, 2.24) is 19.6 Å². The van der Waals surface area contributed by atoms with Gasteiger partial charge in [0.2, 0.25) is 0 Å². The van der Waals surface area contributed by atoms with E-state index >= 15 is 0 Å². The third-order valence-corrected chi connectivity index (χ3v) is 5.74. The number of hydrogen-bond donors (Lipinski definition) is 0. The summed E-state index contributed by atoms with van der Waals surface area (Å²) in [7, 11) is 0. The average molecular weight is 393 g/mol. The highest BCUT2D eigenvalue weighted by atomic mass is 19.1. The van der Waals surface area contributed by atoms with Gasteiger partial charge in [0.05, 0.1) is 22.7 Å². The van der Waals surface area contributed by atoms with Crippen molar-refractivity contribution >= 4 is 27.8 Å². The van der Waals surface area contributed by atoms with E-state index in [0.717, 1.165) is 62.4 Å². The van der Waals surface area contributed by atoms with Crippen LogP contribution in [0.4, 0.5) is 10.2 Å². The fraction of sp³-hybridized carbons (Fsp3) is 0.364. The molecule has 5 rings (SSSR count). The quantitative estimate of drug-likeness (QED) is 0.465. The largest absolute Gasteiger partial charge is 0.354 e. The summed E-state index contributed by atoms with van der Waals surface area (Å²) >= 11 is 0. The zero-order valence-corrected chi connectivity index (χ0v) is 16.3. The Morgan fingerprint density at radius 2 is 1.79 bits per heavy atom. The van der Waals surface area contributed by atoms with Gasteiger partial charge in [0.15, 0.2) is 11.4 Å². The Morgan fingerprint density at radius 3 is 2.69 bits per heavy atom. The van der Waals surface area contributed by atoms with Crippen LogP contribution in [-0.4, -0.2) is 52.3 Å². The van der Waals surface area contributed by atoms with E-state index in [-0.39, 0.29) is 5.82 Å². The lowest BCUT2D eigenvalue weighted by molar-refractivity contribution is 0.250. The molecule has 1 aliphatic rings. The number of fused-ring (bicyclic) bond motifs is 2. The van der Waals surface area contributed by atoms with Gasteiger partial charge in [-0.25, -0.2) is 9.37 Å². The van der Waals surface area contributed by atoms with Crippen LogP contribution in [0.1, 0.15) is 12.8 Å². The van der Waals surface area contributed by atoms with Gasteiger partial charge in [0, 0.05) is 38.8 Å². The number of para-hydroxylation sites is 2. The molecule has 0 saturated carbocycles. The van der Waals surface area contributed by atoms with E-state index in [1.54, 1.807) is 6.07 Å². The van der Waals surface area contributed by atoms with E-state index in [9.17, 15) is 4.39 Å². The highest BCUT2D eigenvalue weighted by Crippen LogP contribution is 2.27. The molecule has 3 heterocycles. The van der Waals surface area contributed by atoms with Gasteiger partial charge in [-0.05, 0) is 43.7 Å². The smallest absolute Gasteiger partial charge is 0.180 e. The SMILES string of the molecule is Fc1ccc2c(N3CCN(CCCCn4cnc5ccccc54)CC3)noc2c1. The summed E-state index contributed by atoms with van der Waals surface area (Å²) in [6.07, 6.45) is 4.25. The van der Waals surface area contributed by atoms with Crippen LogP contribution in [0.25, 0.3) is 22.0 Å². The van der Waals surface area contributed by atoms with E-state index in [1.807, 2.05) is 12.4 Å². The minimum absolute atomic E-state index is 0.297. The van der Waals surface area contributed by atoms with Crippen LogP contribution in [0.15, 0.2) is 53.3 Å². The van der Waals surface area contributed by atoms with Crippen molar-refractivity contribution in [3.63, 3.8) is 0 Å². The summed E-state index contributed by atoms with van der Waals surface area (Å²) in [5.74, 6) is 0.528. The Labute approximate surface area is 168 Å². The molecule has 0 spiro atoms. The molecule has 0 atom stereocenters. The maximum Gasteiger partial charge on any atom is 0.180 e. The molecule has 1 fully saturated rings. The molecule has 4 aromatic rings. The maximum absolute atomic E-state index is 13.3. The fourth-order valence-electron chi connectivity index (χ4n) is 4.12. The fourth-order valence-corrected chi connectivity index (χ4v) is 4.12. The minimum Gasteiger partial charge on any atom is -0.354 e. The number of benzene rings is 2. The molecule has 0 bridgehead atoms. The molecule has 7 heteroatoms. The summed E-state index contributed by atoms with van der Waals surface area (Å²) in [5.41, 5.74) is 2.78. The number of piperazine rings is 1. The number of aryl methyl sites for hydroxylation is 1. The molecule has 29 heavy (non-hydrogen) atoms. The second-order valence-electron chi connectivity index (χ2n) is 7.61. The first-order valence-corrected chi connectivity index (χ1v) is 10.2. The van der Waals surface area contributed by atoms with Crippen LogP contribution in [0.5, 0.6) is 0 Å². The van der Waals surface area contributed by atoms with Gasteiger partial charge in [-0.3, -0.25) is 4.90 Å². The number of halogens is 1. The van der Waals surface area contributed by atoms with E-state index in [0.29, 0.717) is 5.58 Å². The molecular formula is C22H24FN5O. The van der Waals surface area contributed by atoms with Crippen LogP contribution < -0.4 is 4.90 Å². The van der Waals surface area contributed by atoms with Gasteiger partial charge in [-0.1, -0.05) is 17.3 Å². The Morgan fingerprint density at radius 1 is 0.966 bits per heavy atom. The Hall–Kier alpha value is -2.93. The molecule has 0 aliphatic carbocycles. The molecule has 0 radical (unpaired) electrons. The first-order valence-electron chi connectivity index (χ1n) is 10.2. The van der Waals surface area contributed by atoms with Crippen LogP contribution in [-0.2, 0) is 6.54 Å². The van der Waals surface area contributed by atoms with Gasteiger partial charge in [-0.15, -0.1) is 0 Å². The molecule has 150 valence electrons. The van der Waals surface area contributed by atoms with Crippen LogP contribution in [0, 0.1) is 5.82 Å². The minimum atomic E-state index is -0.297. The van der Waals surface area contributed by atoms with Gasteiger partial charge >= 0.3 is 0 Å². The molecule has 2 aromatic heterocycles. The van der Waals surface area contributed by atoms with Crippen molar-refractivity contribution in [2.24, 2.45) is 0 Å². The number of nitrogens with zero attached hydrogens (tertiary/aromatic N) is 5. The normalized spacial score (nSPS) is 15.6. The maximum atomic E-state index is 13.3. The van der Waals surface area contributed by atoms with E-state index < -0.39 is 0 Å². The third-order valence-electron chi connectivity index (χ3n) is 5.74. The molecule has 0 N–H and O–H groups in total. The van der Waals surface area contributed by atoms with Crippen molar-refractivity contribution in [2.45, 2.75) is 19.4 Å². The number of rotatable bonds is 6. The summed E-state index contributed by atoms with van der Waals surface area (Å²) in [5, 5.41) is 5.05. The number of anilines is 1. The lowest BCUT2D eigenvalue weighted by Crippen LogP contribution is -2.46. The topological polar surface area (TPSA) is 50.3 Å². The van der Waals surface area contributed by atoms with Gasteiger partial charge in [-0.2, -0.15) is 0 Å². The second-order valence-corrected chi connectivity index (χ2v) is 7.61. The molecule has 2 aromatic carbocycles. The number of hydrogen-bond acceptors (Lipinski definition) is 5. The standard InChI is InChI=1S/C22H24FN5O/c23-17-7-8-18-21(15-17)29-25-22(18)27-13-11-26(12-14-27)9-3-4-10-28-16-24-19-5-1-2-6-20(19)28/h1-2,5-8,15-16H,3-4,9-14H2. The zero-order valence-electron chi connectivity index (χ0n) is 16.3. The average Bonchev–Trinajstić information content (AvgIpc) is 3.35. The lowest BCUT2D eigenvalue weighted by atomic mass is 10.2. The van der Waals surface area contributed by atoms with E-state index in [4.69, 9.17) is 4.52 Å². The number of aromatic nitrogens is 3. The summed E-state index contributed by atoms with van der Waals surface area (Å²) < 4.78 is 20.9. The van der Waals surface area contributed by atoms with Gasteiger partial charge in [0.25, 0.3) is 0 Å². The van der Waals surface area contributed by atoms with Crippen LogP contribution >= 0.6 is 0 Å². The van der Waals surface area contributed by atoms with Crippen molar-refractivity contribution in [2.75, 3.05) is 37.6 Å². The monoisotopic (exact) mass is 393 g/mol. The first-order chi connectivity index (χ1) is 14.3. The van der Waals surface area contributed by atoms with Crippen molar-refractivity contribution in [1.29, 1.82) is 0 Å². The Balaban J connectivity index is 1.11. The molecule has 1 saturated heterocycles. The predicted molar refractivity (Wildman–Crippen MR) is 112 cm³/mol. The molecule has 1 aliphatic heterocycles. The summed E-state index contributed by atoms with van der Waals surface area (Å²) in [6, 6.07) is 12.9.